The first-order valence-corrected chi connectivity index (χ1v) is 7.83. The summed E-state index contributed by atoms with van der Waals surface area (Å²) in [6.45, 7) is 2.73. The maximum Gasteiger partial charge on any atom is 0.237 e. The van der Waals surface area contributed by atoms with Crippen LogP contribution < -0.4 is 5.73 Å². The molecule has 1 unspecified atom stereocenters. The highest BCUT2D eigenvalue weighted by Crippen LogP contribution is 2.30. The predicted octanol–water partition coefficient (Wildman–Crippen LogP) is 3.08. The highest BCUT2D eigenvalue weighted by molar-refractivity contribution is 6.06. The van der Waals surface area contributed by atoms with Crippen LogP contribution in [0.2, 0.25) is 0 Å². The molecule has 1 aromatic carbocycles. The van der Waals surface area contributed by atoms with E-state index < -0.39 is 0 Å². The summed E-state index contributed by atoms with van der Waals surface area (Å²) in [7, 11) is 0. The number of amides is 2. The van der Waals surface area contributed by atoms with E-state index in [1.165, 1.54) is 24.2 Å². The Hall–Kier alpha value is -1.84. The topological polar surface area (TPSA) is 63.4 Å². The molecule has 2 amide bonds. The molecule has 2 rings (SSSR count). The van der Waals surface area contributed by atoms with Crippen LogP contribution in [0.15, 0.2) is 24.3 Å². The Bertz CT molecular complexity index is 496. The lowest BCUT2D eigenvalue weighted by atomic mass is 9.97. The smallest absolute Gasteiger partial charge is 0.237 e. The fraction of sp³-hybridized carbons (Fsp3) is 0.529. The number of imide groups is 1. The molecular weight excluding hydrogens is 264 g/mol. The van der Waals surface area contributed by atoms with Crippen LogP contribution in [-0.2, 0) is 9.59 Å². The van der Waals surface area contributed by atoms with Gasteiger partial charge in [-0.25, -0.2) is 0 Å². The number of nitrogens with two attached hydrogens (primary N) is 1. The van der Waals surface area contributed by atoms with Gasteiger partial charge in [0.1, 0.15) is 0 Å². The van der Waals surface area contributed by atoms with E-state index in [4.69, 9.17) is 5.73 Å². The molecule has 1 aliphatic rings. The molecule has 0 saturated carbocycles. The van der Waals surface area contributed by atoms with Crippen LogP contribution in [0.4, 0.5) is 5.69 Å². The first-order valence-electron chi connectivity index (χ1n) is 7.83. The van der Waals surface area contributed by atoms with Gasteiger partial charge in [0, 0.05) is 18.7 Å². The number of rotatable bonds is 7. The third kappa shape index (κ3) is 3.84. The number of benzene rings is 1. The van der Waals surface area contributed by atoms with Gasteiger partial charge in [-0.3, -0.25) is 14.5 Å². The molecule has 1 saturated heterocycles. The summed E-state index contributed by atoms with van der Waals surface area (Å²) in [5.41, 5.74) is 7.21. The van der Waals surface area contributed by atoms with Crippen molar-refractivity contribution < 1.29 is 9.59 Å². The van der Waals surface area contributed by atoms with Gasteiger partial charge in [-0.2, -0.15) is 0 Å². The second-order valence-corrected chi connectivity index (χ2v) is 5.72. The Labute approximate surface area is 126 Å². The molecular formula is C17H24N2O2. The molecule has 1 fully saturated rings. The molecule has 2 N–H and O–H groups in total. The fourth-order valence-corrected chi connectivity index (χ4v) is 2.78. The van der Waals surface area contributed by atoms with Crippen molar-refractivity contribution in [3.63, 3.8) is 0 Å². The average molecular weight is 288 g/mol. The van der Waals surface area contributed by atoms with Crippen LogP contribution in [0, 0.1) is 0 Å². The maximum absolute atomic E-state index is 12.4. The average Bonchev–Trinajstić information content (AvgIpc) is 2.75. The number of likely N-dealkylation sites (tertiary alicyclic amines) is 1. The molecule has 0 bridgehead atoms. The Morgan fingerprint density at radius 3 is 2.43 bits per heavy atom. The lowest BCUT2D eigenvalue weighted by Gasteiger charge is -2.15. The maximum atomic E-state index is 12.4. The molecule has 0 aliphatic carbocycles. The molecule has 1 aliphatic heterocycles. The molecule has 114 valence electrons. The standard InChI is InChI=1S/C17H24N2O2/c1-2-3-4-5-6-11-19-16(20)12-15(17(19)21)13-7-9-14(18)10-8-13/h7-10,15H,2-6,11-12,18H2,1H3. The van der Waals surface area contributed by atoms with Crippen molar-refractivity contribution in [2.24, 2.45) is 0 Å². The number of unbranched alkanes of at least 4 members (excludes halogenated alkanes) is 4. The molecule has 21 heavy (non-hydrogen) atoms. The molecule has 4 nitrogen and oxygen atoms in total. The summed E-state index contributed by atoms with van der Waals surface area (Å²) >= 11 is 0. The summed E-state index contributed by atoms with van der Waals surface area (Å²) in [5.74, 6) is -0.425. The van der Waals surface area contributed by atoms with Gasteiger partial charge in [0.15, 0.2) is 0 Å². The lowest BCUT2D eigenvalue weighted by Crippen LogP contribution is -2.31. The quantitative estimate of drug-likeness (QED) is 0.476. The first kappa shape index (κ1) is 15.5. The molecule has 1 atom stereocenters. The second kappa shape index (κ2) is 7.25. The fourth-order valence-electron chi connectivity index (χ4n) is 2.78. The summed E-state index contributed by atoms with van der Waals surface area (Å²) in [4.78, 5) is 25.9. The zero-order valence-electron chi connectivity index (χ0n) is 12.7. The van der Waals surface area contributed by atoms with Gasteiger partial charge in [0.25, 0.3) is 0 Å². The SMILES string of the molecule is CCCCCCCN1C(=O)CC(c2ccc(N)cc2)C1=O. The number of anilines is 1. The monoisotopic (exact) mass is 288 g/mol. The van der Waals surface area contributed by atoms with Gasteiger partial charge in [0.05, 0.1) is 5.92 Å². The number of hydrogen-bond acceptors (Lipinski definition) is 3. The molecule has 0 radical (unpaired) electrons. The van der Waals surface area contributed by atoms with Gasteiger partial charge in [-0.05, 0) is 24.1 Å². The summed E-state index contributed by atoms with van der Waals surface area (Å²) in [5, 5.41) is 0. The number of carbonyl (C=O) groups is 2. The van der Waals surface area contributed by atoms with Gasteiger partial charge >= 0.3 is 0 Å². The minimum atomic E-state index is -0.325. The zero-order valence-corrected chi connectivity index (χ0v) is 12.7. The zero-order chi connectivity index (χ0) is 15.2. The van der Waals surface area contributed by atoms with Crippen molar-refractivity contribution in [2.75, 3.05) is 12.3 Å². The summed E-state index contributed by atoms with van der Waals surface area (Å²) in [6, 6.07) is 7.24. The van der Waals surface area contributed by atoms with Crippen molar-refractivity contribution in [3.05, 3.63) is 29.8 Å². The van der Waals surface area contributed by atoms with Crippen molar-refractivity contribution in [1.82, 2.24) is 4.90 Å². The minimum absolute atomic E-state index is 0.0442. The van der Waals surface area contributed by atoms with E-state index in [9.17, 15) is 9.59 Å². The third-order valence-electron chi connectivity index (χ3n) is 4.07. The molecule has 0 aromatic heterocycles. The van der Waals surface area contributed by atoms with E-state index in [0.29, 0.717) is 12.2 Å². The number of hydrogen-bond donors (Lipinski definition) is 1. The van der Waals surface area contributed by atoms with Crippen molar-refractivity contribution >= 4 is 17.5 Å². The van der Waals surface area contributed by atoms with Crippen molar-refractivity contribution in [2.45, 2.75) is 51.4 Å². The largest absolute Gasteiger partial charge is 0.399 e. The van der Waals surface area contributed by atoms with Crippen LogP contribution in [0.3, 0.4) is 0 Å². The van der Waals surface area contributed by atoms with Gasteiger partial charge < -0.3 is 5.73 Å². The van der Waals surface area contributed by atoms with Crippen molar-refractivity contribution in [1.29, 1.82) is 0 Å². The number of nitrogens with zero attached hydrogens (tertiary/aromatic N) is 1. The first-order chi connectivity index (χ1) is 10.1. The highest BCUT2D eigenvalue weighted by atomic mass is 16.2. The van der Waals surface area contributed by atoms with E-state index in [1.54, 1.807) is 12.1 Å². The van der Waals surface area contributed by atoms with Crippen LogP contribution >= 0.6 is 0 Å². The third-order valence-corrected chi connectivity index (χ3v) is 4.07. The Kier molecular flexibility index (Phi) is 5.37. The molecule has 0 spiro atoms. The van der Waals surface area contributed by atoms with Gasteiger partial charge in [0.2, 0.25) is 11.8 Å². The Morgan fingerprint density at radius 1 is 1.10 bits per heavy atom. The molecule has 4 heteroatoms. The summed E-state index contributed by atoms with van der Waals surface area (Å²) in [6.07, 6.45) is 5.87. The Balaban J connectivity index is 1.92. The van der Waals surface area contributed by atoms with Crippen LogP contribution in [0.1, 0.15) is 56.9 Å². The highest BCUT2D eigenvalue weighted by Gasteiger charge is 2.38. The molecule has 1 heterocycles. The van der Waals surface area contributed by atoms with Gasteiger partial charge in [-0.1, -0.05) is 44.7 Å². The van der Waals surface area contributed by atoms with E-state index in [-0.39, 0.29) is 24.2 Å². The minimum Gasteiger partial charge on any atom is -0.399 e. The Morgan fingerprint density at radius 2 is 1.76 bits per heavy atom. The van der Waals surface area contributed by atoms with E-state index >= 15 is 0 Å². The number of carbonyl (C=O) groups excluding carboxylic acids is 2. The summed E-state index contributed by atoms with van der Waals surface area (Å²) < 4.78 is 0. The predicted molar refractivity (Wildman–Crippen MR) is 83.7 cm³/mol. The van der Waals surface area contributed by atoms with Crippen LogP contribution in [0.25, 0.3) is 0 Å². The molecule has 1 aromatic rings. The van der Waals surface area contributed by atoms with Gasteiger partial charge in [-0.15, -0.1) is 0 Å². The number of nitrogen functional groups attached to an aromatic ring is 1. The van der Waals surface area contributed by atoms with Crippen LogP contribution in [0.5, 0.6) is 0 Å². The van der Waals surface area contributed by atoms with E-state index in [1.807, 2.05) is 12.1 Å². The van der Waals surface area contributed by atoms with E-state index in [2.05, 4.69) is 6.92 Å². The van der Waals surface area contributed by atoms with Crippen LogP contribution in [-0.4, -0.2) is 23.3 Å². The second-order valence-electron chi connectivity index (χ2n) is 5.72. The lowest BCUT2D eigenvalue weighted by molar-refractivity contribution is -0.138. The normalized spacial score (nSPS) is 18.5. The van der Waals surface area contributed by atoms with E-state index in [0.717, 1.165) is 18.4 Å². The van der Waals surface area contributed by atoms with Crippen molar-refractivity contribution in [3.8, 4) is 0 Å².